The molecule has 5 nitrogen and oxygen atoms in total. The second-order valence-electron chi connectivity index (χ2n) is 3.76. The van der Waals surface area contributed by atoms with Crippen molar-refractivity contribution in [1.82, 2.24) is 4.98 Å². The van der Waals surface area contributed by atoms with Crippen LogP contribution in [0.1, 0.15) is 5.69 Å². The number of hydrogen-bond acceptors (Lipinski definition) is 6. The summed E-state index contributed by atoms with van der Waals surface area (Å²) in [5, 5.41) is 13.0. The lowest BCUT2D eigenvalue weighted by Gasteiger charge is -2.08. The van der Waals surface area contributed by atoms with Crippen molar-refractivity contribution >= 4 is 17.3 Å². The molecule has 0 saturated carbocycles. The van der Waals surface area contributed by atoms with Crippen molar-refractivity contribution in [3.8, 4) is 22.1 Å². The minimum absolute atomic E-state index is 0.177. The molecule has 0 atom stereocenters. The molecule has 1 aromatic heterocycles. The Balaban J connectivity index is 2.31. The standard InChI is InChI=1S/C13H13NO4S/c1-17-10-4-3-8(5-11(10)18-2)13-14-9(7-19-13)6-12(15)16/h3-5,7H,6H2,1-2H3,(H,15,16)/p-1. The number of aliphatic carboxylic acids is 1. The van der Waals surface area contributed by atoms with E-state index in [9.17, 15) is 9.90 Å². The van der Waals surface area contributed by atoms with Crippen molar-refractivity contribution in [2.24, 2.45) is 0 Å². The molecule has 0 fully saturated rings. The maximum atomic E-state index is 10.5. The third kappa shape index (κ3) is 3.03. The average Bonchev–Trinajstić information content (AvgIpc) is 2.85. The summed E-state index contributed by atoms with van der Waals surface area (Å²) < 4.78 is 10.4. The fourth-order valence-corrected chi connectivity index (χ4v) is 2.45. The number of carboxylic acid groups (broad SMARTS) is 1. The van der Waals surface area contributed by atoms with Gasteiger partial charge in [0.15, 0.2) is 11.5 Å². The number of ether oxygens (including phenoxy) is 2. The summed E-state index contributed by atoms with van der Waals surface area (Å²) in [5.74, 6) is 0.110. The van der Waals surface area contributed by atoms with Crippen molar-refractivity contribution in [1.29, 1.82) is 0 Å². The van der Waals surface area contributed by atoms with Gasteiger partial charge in [-0.05, 0) is 18.2 Å². The Labute approximate surface area is 114 Å². The first-order valence-electron chi connectivity index (χ1n) is 5.50. The molecule has 0 spiro atoms. The minimum atomic E-state index is -1.14. The van der Waals surface area contributed by atoms with E-state index in [2.05, 4.69) is 4.98 Å². The van der Waals surface area contributed by atoms with Crippen LogP contribution in [0.2, 0.25) is 0 Å². The van der Waals surface area contributed by atoms with Crippen LogP contribution in [-0.4, -0.2) is 25.2 Å². The summed E-state index contributed by atoms with van der Waals surface area (Å²) in [6.45, 7) is 0. The first kappa shape index (κ1) is 13.4. The molecule has 1 heterocycles. The van der Waals surface area contributed by atoms with Crippen LogP contribution in [0.3, 0.4) is 0 Å². The molecule has 0 amide bonds. The zero-order chi connectivity index (χ0) is 13.8. The van der Waals surface area contributed by atoms with Crippen LogP contribution >= 0.6 is 11.3 Å². The average molecular weight is 278 g/mol. The molecule has 2 rings (SSSR count). The van der Waals surface area contributed by atoms with Gasteiger partial charge in [0.25, 0.3) is 0 Å². The van der Waals surface area contributed by atoms with E-state index in [1.54, 1.807) is 31.7 Å². The van der Waals surface area contributed by atoms with E-state index in [1.165, 1.54) is 11.3 Å². The normalized spacial score (nSPS) is 10.2. The molecular weight excluding hydrogens is 266 g/mol. The van der Waals surface area contributed by atoms with Crippen molar-refractivity contribution in [3.05, 3.63) is 29.3 Å². The van der Waals surface area contributed by atoms with Gasteiger partial charge in [-0.1, -0.05) is 0 Å². The second kappa shape index (κ2) is 5.71. The fourth-order valence-electron chi connectivity index (χ4n) is 1.64. The smallest absolute Gasteiger partial charge is 0.161 e. The number of methoxy groups -OCH3 is 2. The van der Waals surface area contributed by atoms with Crippen LogP contribution in [-0.2, 0) is 11.2 Å². The third-order valence-electron chi connectivity index (χ3n) is 2.51. The van der Waals surface area contributed by atoms with Crippen LogP contribution in [0, 0.1) is 0 Å². The predicted octanol–water partition coefficient (Wildman–Crippen LogP) is 1.12. The van der Waals surface area contributed by atoms with Crippen molar-refractivity contribution in [3.63, 3.8) is 0 Å². The second-order valence-corrected chi connectivity index (χ2v) is 4.62. The number of carbonyl (C=O) groups excluding carboxylic acids is 1. The lowest BCUT2D eigenvalue weighted by atomic mass is 10.2. The number of carboxylic acids is 1. The van der Waals surface area contributed by atoms with E-state index >= 15 is 0 Å². The lowest BCUT2D eigenvalue weighted by molar-refractivity contribution is -0.304. The summed E-state index contributed by atoms with van der Waals surface area (Å²) >= 11 is 1.38. The number of rotatable bonds is 5. The quantitative estimate of drug-likeness (QED) is 0.819. The number of carbonyl (C=O) groups is 1. The van der Waals surface area contributed by atoms with Gasteiger partial charge in [0.05, 0.1) is 19.9 Å². The van der Waals surface area contributed by atoms with Crippen molar-refractivity contribution in [2.75, 3.05) is 14.2 Å². The maximum absolute atomic E-state index is 10.5. The Hall–Kier alpha value is -2.08. The van der Waals surface area contributed by atoms with Crippen LogP contribution in [0.25, 0.3) is 10.6 Å². The highest BCUT2D eigenvalue weighted by molar-refractivity contribution is 7.13. The van der Waals surface area contributed by atoms with Gasteiger partial charge in [-0.25, -0.2) is 4.98 Å². The summed E-state index contributed by atoms with van der Waals surface area (Å²) in [7, 11) is 3.13. The minimum Gasteiger partial charge on any atom is -0.550 e. The highest BCUT2D eigenvalue weighted by Crippen LogP contribution is 2.33. The SMILES string of the molecule is COc1ccc(-c2nc(CC(=O)[O-])cs2)cc1OC. The molecule has 0 N–H and O–H groups in total. The predicted molar refractivity (Wildman–Crippen MR) is 69.4 cm³/mol. The number of benzene rings is 1. The molecule has 0 aliphatic carbocycles. The van der Waals surface area contributed by atoms with Gasteiger partial charge >= 0.3 is 0 Å². The Morgan fingerprint density at radius 1 is 1.32 bits per heavy atom. The number of hydrogen-bond donors (Lipinski definition) is 0. The number of thiazole rings is 1. The molecular formula is C13H12NO4S-. The fraction of sp³-hybridized carbons (Fsp3) is 0.231. The zero-order valence-electron chi connectivity index (χ0n) is 10.5. The Morgan fingerprint density at radius 3 is 2.68 bits per heavy atom. The number of nitrogens with zero attached hydrogens (tertiary/aromatic N) is 1. The van der Waals surface area contributed by atoms with Crippen LogP contribution in [0.4, 0.5) is 0 Å². The number of aromatic nitrogens is 1. The molecule has 0 aliphatic rings. The Bertz CT molecular complexity index is 594. The van der Waals surface area contributed by atoms with Gasteiger partial charge in [0.2, 0.25) is 0 Å². The van der Waals surface area contributed by atoms with Crippen LogP contribution in [0.15, 0.2) is 23.6 Å². The highest BCUT2D eigenvalue weighted by Gasteiger charge is 2.09. The molecule has 0 radical (unpaired) electrons. The van der Waals surface area contributed by atoms with Gasteiger partial charge < -0.3 is 19.4 Å². The maximum Gasteiger partial charge on any atom is 0.161 e. The molecule has 0 aliphatic heterocycles. The molecule has 2 aromatic rings. The van der Waals surface area contributed by atoms with Crippen LogP contribution < -0.4 is 14.6 Å². The zero-order valence-corrected chi connectivity index (χ0v) is 11.3. The largest absolute Gasteiger partial charge is 0.550 e. The van der Waals surface area contributed by atoms with E-state index in [0.717, 1.165) is 10.6 Å². The summed E-state index contributed by atoms with van der Waals surface area (Å²) in [4.78, 5) is 14.8. The van der Waals surface area contributed by atoms with Crippen molar-refractivity contribution < 1.29 is 19.4 Å². The monoisotopic (exact) mass is 278 g/mol. The summed E-state index contributed by atoms with van der Waals surface area (Å²) in [5.41, 5.74) is 1.35. The van der Waals surface area contributed by atoms with Gasteiger partial charge in [0.1, 0.15) is 5.01 Å². The van der Waals surface area contributed by atoms with E-state index < -0.39 is 5.97 Å². The van der Waals surface area contributed by atoms with E-state index in [-0.39, 0.29) is 6.42 Å². The van der Waals surface area contributed by atoms with Crippen LogP contribution in [0.5, 0.6) is 11.5 Å². The first-order valence-corrected chi connectivity index (χ1v) is 6.38. The van der Waals surface area contributed by atoms with Gasteiger partial charge in [-0.2, -0.15) is 0 Å². The van der Waals surface area contributed by atoms with Gasteiger partial charge in [-0.15, -0.1) is 11.3 Å². The van der Waals surface area contributed by atoms with E-state index in [1.807, 2.05) is 6.07 Å². The molecule has 0 bridgehead atoms. The van der Waals surface area contributed by atoms with Gasteiger partial charge in [0, 0.05) is 23.3 Å². The third-order valence-corrected chi connectivity index (χ3v) is 3.45. The molecule has 0 saturated heterocycles. The van der Waals surface area contributed by atoms with Crippen molar-refractivity contribution in [2.45, 2.75) is 6.42 Å². The Kier molecular flexibility index (Phi) is 4.01. The first-order chi connectivity index (χ1) is 9.13. The molecule has 100 valence electrons. The van der Waals surface area contributed by atoms with E-state index in [0.29, 0.717) is 17.2 Å². The molecule has 19 heavy (non-hydrogen) atoms. The summed E-state index contributed by atoms with van der Waals surface area (Å²) in [6.07, 6.45) is -0.177. The summed E-state index contributed by atoms with van der Waals surface area (Å²) in [6, 6.07) is 5.44. The molecule has 0 unspecified atom stereocenters. The lowest BCUT2D eigenvalue weighted by Crippen LogP contribution is -2.24. The Morgan fingerprint density at radius 2 is 2.05 bits per heavy atom. The van der Waals surface area contributed by atoms with Gasteiger partial charge in [-0.3, -0.25) is 0 Å². The molecule has 1 aromatic carbocycles. The topological polar surface area (TPSA) is 71.5 Å². The highest BCUT2D eigenvalue weighted by atomic mass is 32.1. The van der Waals surface area contributed by atoms with E-state index in [4.69, 9.17) is 9.47 Å². The molecule has 6 heteroatoms.